The van der Waals surface area contributed by atoms with Crippen LogP contribution in [0.1, 0.15) is 91.9 Å². The second-order valence-electron chi connectivity index (χ2n) is 10.6. The molecule has 0 aromatic heterocycles. The smallest absolute Gasteiger partial charge is 0.0700 e. The van der Waals surface area contributed by atoms with Gasteiger partial charge in [0, 0.05) is 5.41 Å². The lowest BCUT2D eigenvalue weighted by Gasteiger charge is -2.58. The summed E-state index contributed by atoms with van der Waals surface area (Å²) in [6.07, 6.45) is 10.9. The summed E-state index contributed by atoms with van der Waals surface area (Å²) in [7, 11) is 0. The van der Waals surface area contributed by atoms with Gasteiger partial charge in [0.25, 0.3) is 0 Å². The van der Waals surface area contributed by atoms with Crippen LogP contribution in [0.5, 0.6) is 0 Å². The number of aliphatic hydroxyl groups is 1. The highest BCUT2D eigenvalue weighted by Gasteiger charge is 2.60. The first-order valence-electron chi connectivity index (χ1n) is 11.1. The van der Waals surface area contributed by atoms with Gasteiger partial charge in [-0.25, -0.2) is 0 Å². The van der Waals surface area contributed by atoms with E-state index in [1.165, 1.54) is 32.1 Å². The van der Waals surface area contributed by atoms with Crippen LogP contribution in [0.4, 0.5) is 0 Å². The van der Waals surface area contributed by atoms with Crippen LogP contribution >= 0.6 is 0 Å². The maximum Gasteiger partial charge on any atom is 0.0700 e. The summed E-state index contributed by atoms with van der Waals surface area (Å²) in [4.78, 5) is 0. The molecule has 0 aromatic carbocycles. The Kier molecular flexibility index (Phi) is 4.35. The van der Waals surface area contributed by atoms with Gasteiger partial charge in [-0.2, -0.15) is 5.26 Å². The predicted octanol–water partition coefficient (Wildman–Crippen LogP) is 6.01. The molecule has 2 nitrogen and oxygen atoms in total. The van der Waals surface area contributed by atoms with E-state index < -0.39 is 0 Å². The highest BCUT2D eigenvalue weighted by atomic mass is 16.3. The molecule has 7 atom stereocenters. The Morgan fingerprint density at radius 2 is 1.92 bits per heavy atom. The first-order chi connectivity index (χ1) is 12.3. The first kappa shape index (κ1) is 18.5. The van der Waals surface area contributed by atoms with Crippen molar-refractivity contribution in [2.45, 2.75) is 98.0 Å². The molecule has 0 spiro atoms. The number of aliphatic hydroxyl groups excluding tert-OH is 1. The van der Waals surface area contributed by atoms with Crippen LogP contribution in [-0.4, -0.2) is 11.2 Å². The van der Waals surface area contributed by atoms with Gasteiger partial charge in [-0.1, -0.05) is 45.3 Å². The van der Waals surface area contributed by atoms with Crippen LogP contribution in [-0.2, 0) is 0 Å². The number of hydrogen-bond acceptors (Lipinski definition) is 2. The number of nitrogens with zero attached hydrogens (tertiary/aromatic N) is 1. The lowest BCUT2D eigenvalue weighted by Crippen LogP contribution is -2.51. The minimum Gasteiger partial charge on any atom is -0.393 e. The summed E-state index contributed by atoms with van der Waals surface area (Å²) in [5.41, 5.74) is 3.57. The molecule has 7 unspecified atom stereocenters. The summed E-state index contributed by atoms with van der Waals surface area (Å²) >= 11 is 0. The van der Waals surface area contributed by atoms with Gasteiger partial charge in [-0.15, -0.1) is 0 Å². The Hall–Kier alpha value is -0.810. The molecule has 0 saturated heterocycles. The molecule has 0 radical (unpaired) electrons. The number of hydrogen-bond donors (Lipinski definition) is 1. The highest BCUT2D eigenvalue weighted by molar-refractivity contribution is 5.39. The lowest BCUT2D eigenvalue weighted by atomic mass is 9.45. The summed E-state index contributed by atoms with van der Waals surface area (Å²) in [5, 5.41) is 20.5. The van der Waals surface area contributed by atoms with Crippen LogP contribution in [0.3, 0.4) is 0 Å². The normalized spacial score (nSPS) is 49.0. The number of rotatable bonds is 2. The standard InChI is InChI=1S/C24H37NO/c1-5-16(2)19-6-7-20-18-9-13-24(15-25)14-17(26)8-12-23(24,4)21(18)10-11-22(19,20)3/h16-17,19-20,26H,5-14H2,1-4H3. The van der Waals surface area contributed by atoms with Crippen molar-refractivity contribution in [3.05, 3.63) is 11.1 Å². The Morgan fingerprint density at radius 3 is 2.62 bits per heavy atom. The monoisotopic (exact) mass is 355 g/mol. The Balaban J connectivity index is 1.74. The van der Waals surface area contributed by atoms with E-state index in [2.05, 4.69) is 33.8 Å². The van der Waals surface area contributed by atoms with Gasteiger partial charge in [0.2, 0.25) is 0 Å². The van der Waals surface area contributed by atoms with Crippen LogP contribution < -0.4 is 0 Å². The van der Waals surface area contributed by atoms with Gasteiger partial charge < -0.3 is 5.11 Å². The zero-order valence-electron chi connectivity index (χ0n) is 17.3. The SMILES string of the molecule is CCC(C)C1CCC2C3=C(CCC21C)C1(C)CCC(O)CC1(C#N)CC3. The molecule has 4 aliphatic carbocycles. The van der Waals surface area contributed by atoms with Crippen LogP contribution in [0.15, 0.2) is 11.1 Å². The van der Waals surface area contributed by atoms with Crippen molar-refractivity contribution in [3.8, 4) is 6.07 Å². The van der Waals surface area contributed by atoms with Gasteiger partial charge >= 0.3 is 0 Å². The van der Waals surface area contributed by atoms with Crippen molar-refractivity contribution in [1.82, 2.24) is 0 Å². The van der Waals surface area contributed by atoms with E-state index in [9.17, 15) is 10.4 Å². The van der Waals surface area contributed by atoms with Crippen LogP contribution in [0.2, 0.25) is 0 Å². The van der Waals surface area contributed by atoms with Crippen molar-refractivity contribution < 1.29 is 5.11 Å². The summed E-state index contributed by atoms with van der Waals surface area (Å²) in [5.74, 6) is 2.45. The average Bonchev–Trinajstić information content (AvgIpc) is 2.99. The molecule has 0 aliphatic heterocycles. The fraction of sp³-hybridized carbons (Fsp3) is 0.875. The van der Waals surface area contributed by atoms with E-state index in [0.29, 0.717) is 11.8 Å². The van der Waals surface area contributed by atoms with Gasteiger partial charge in [0.1, 0.15) is 0 Å². The summed E-state index contributed by atoms with van der Waals surface area (Å²) < 4.78 is 0. The molecule has 2 heteroatoms. The molecular weight excluding hydrogens is 318 g/mol. The van der Waals surface area contributed by atoms with E-state index in [-0.39, 0.29) is 16.9 Å². The van der Waals surface area contributed by atoms with E-state index in [1.807, 2.05) is 0 Å². The third-order valence-electron chi connectivity index (χ3n) is 9.78. The van der Waals surface area contributed by atoms with Gasteiger partial charge in [0.05, 0.1) is 17.6 Å². The minimum absolute atomic E-state index is 0.00432. The summed E-state index contributed by atoms with van der Waals surface area (Å²) in [6, 6.07) is 2.73. The minimum atomic E-state index is -0.327. The third-order valence-corrected chi connectivity index (χ3v) is 9.78. The molecule has 2 saturated carbocycles. The number of fused-ring (bicyclic) bond motifs is 4. The summed E-state index contributed by atoms with van der Waals surface area (Å²) in [6.45, 7) is 9.78. The molecule has 4 aliphatic rings. The van der Waals surface area contributed by atoms with Crippen LogP contribution in [0, 0.1) is 45.3 Å². The third kappa shape index (κ3) is 2.25. The fourth-order valence-electron chi connectivity index (χ4n) is 7.95. The van der Waals surface area contributed by atoms with Crippen LogP contribution in [0.25, 0.3) is 0 Å². The van der Waals surface area contributed by atoms with E-state index in [0.717, 1.165) is 43.4 Å². The highest BCUT2D eigenvalue weighted by Crippen LogP contribution is 2.68. The molecular formula is C24H37NO. The first-order valence-corrected chi connectivity index (χ1v) is 11.1. The maximum atomic E-state index is 10.3. The molecule has 1 N–H and O–H groups in total. The molecule has 4 rings (SSSR count). The molecule has 26 heavy (non-hydrogen) atoms. The zero-order valence-corrected chi connectivity index (χ0v) is 17.3. The quantitative estimate of drug-likeness (QED) is 0.616. The Labute approximate surface area is 160 Å². The second-order valence-corrected chi connectivity index (χ2v) is 10.6. The van der Waals surface area contributed by atoms with Crippen molar-refractivity contribution in [2.75, 3.05) is 0 Å². The van der Waals surface area contributed by atoms with E-state index in [4.69, 9.17) is 0 Å². The largest absolute Gasteiger partial charge is 0.393 e. The van der Waals surface area contributed by atoms with Gasteiger partial charge in [0.15, 0.2) is 0 Å². The van der Waals surface area contributed by atoms with Gasteiger partial charge in [-0.3, -0.25) is 0 Å². The van der Waals surface area contributed by atoms with Gasteiger partial charge in [-0.05, 0) is 81.0 Å². The van der Waals surface area contributed by atoms with Crippen molar-refractivity contribution in [2.24, 2.45) is 34.0 Å². The van der Waals surface area contributed by atoms with E-state index in [1.54, 1.807) is 11.1 Å². The predicted molar refractivity (Wildman–Crippen MR) is 105 cm³/mol. The Bertz CT molecular complexity index is 660. The molecule has 0 heterocycles. The molecule has 0 amide bonds. The zero-order chi connectivity index (χ0) is 18.7. The molecule has 144 valence electrons. The topological polar surface area (TPSA) is 44.0 Å². The molecule has 0 bridgehead atoms. The Morgan fingerprint density at radius 1 is 1.15 bits per heavy atom. The molecule has 2 fully saturated rings. The number of nitriles is 1. The van der Waals surface area contributed by atoms with Crippen molar-refractivity contribution in [3.63, 3.8) is 0 Å². The maximum absolute atomic E-state index is 10.3. The van der Waals surface area contributed by atoms with Crippen molar-refractivity contribution >= 4 is 0 Å². The lowest BCUT2D eigenvalue weighted by molar-refractivity contribution is -0.0253. The molecule has 0 aromatic rings. The van der Waals surface area contributed by atoms with E-state index >= 15 is 0 Å². The second kappa shape index (κ2) is 6.10. The average molecular weight is 356 g/mol. The fourth-order valence-corrected chi connectivity index (χ4v) is 7.95. The number of allylic oxidation sites excluding steroid dienone is 2. The van der Waals surface area contributed by atoms with Crippen molar-refractivity contribution in [1.29, 1.82) is 5.26 Å².